The summed E-state index contributed by atoms with van der Waals surface area (Å²) in [6.45, 7) is 0. The van der Waals surface area contributed by atoms with Crippen LogP contribution in [0.5, 0.6) is 0 Å². The van der Waals surface area contributed by atoms with Gasteiger partial charge in [0.1, 0.15) is 6.07 Å². The van der Waals surface area contributed by atoms with Crippen LogP contribution in [-0.2, 0) is 5.33 Å². The molecule has 0 atom stereocenters. The van der Waals surface area contributed by atoms with Crippen LogP contribution in [0.3, 0.4) is 0 Å². The average Bonchev–Trinajstić information content (AvgIpc) is 2.16. The highest BCUT2D eigenvalue weighted by Gasteiger charge is 2.14. The van der Waals surface area contributed by atoms with Crippen LogP contribution < -0.4 is 0 Å². The van der Waals surface area contributed by atoms with E-state index < -0.39 is 5.97 Å². The lowest BCUT2D eigenvalue weighted by Gasteiger charge is -2.03. The molecule has 0 aliphatic heterocycles. The number of hydrogen-bond donors (Lipinski definition) is 1. The Morgan fingerprint density at radius 2 is 2.29 bits per heavy atom. The first-order valence-electron chi connectivity index (χ1n) is 3.62. The molecule has 0 bridgehead atoms. The summed E-state index contributed by atoms with van der Waals surface area (Å²) in [5, 5.41) is 18.2. The normalized spacial score (nSPS) is 9.50. The molecule has 1 N–H and O–H groups in total. The number of nitrogens with zero attached hydrogens (tertiary/aromatic N) is 1. The molecular formula is C9H5BrClNO2. The van der Waals surface area contributed by atoms with Gasteiger partial charge in [-0.3, -0.25) is 0 Å². The summed E-state index contributed by atoms with van der Waals surface area (Å²) in [4.78, 5) is 10.8. The van der Waals surface area contributed by atoms with Gasteiger partial charge in [0.15, 0.2) is 0 Å². The summed E-state index contributed by atoms with van der Waals surface area (Å²) < 4.78 is 0. The summed E-state index contributed by atoms with van der Waals surface area (Å²) >= 11 is 8.94. The van der Waals surface area contributed by atoms with E-state index in [1.165, 1.54) is 6.07 Å². The van der Waals surface area contributed by atoms with Gasteiger partial charge in [-0.15, -0.1) is 0 Å². The van der Waals surface area contributed by atoms with Crippen LogP contribution in [0.4, 0.5) is 0 Å². The second-order valence-electron chi connectivity index (χ2n) is 2.55. The quantitative estimate of drug-likeness (QED) is 0.844. The van der Waals surface area contributed by atoms with Crippen molar-refractivity contribution in [2.45, 2.75) is 5.33 Å². The zero-order valence-electron chi connectivity index (χ0n) is 6.92. The van der Waals surface area contributed by atoms with Gasteiger partial charge in [0.25, 0.3) is 0 Å². The fraction of sp³-hybridized carbons (Fsp3) is 0.111. The maximum absolute atomic E-state index is 10.8. The Labute approximate surface area is 94.0 Å². The van der Waals surface area contributed by atoms with Crippen molar-refractivity contribution in [3.05, 3.63) is 33.8 Å². The van der Waals surface area contributed by atoms with E-state index >= 15 is 0 Å². The molecule has 0 saturated heterocycles. The van der Waals surface area contributed by atoms with E-state index in [4.69, 9.17) is 22.0 Å². The number of carboxylic acids is 1. The highest BCUT2D eigenvalue weighted by atomic mass is 79.9. The van der Waals surface area contributed by atoms with Crippen LogP contribution in [-0.4, -0.2) is 11.1 Å². The molecule has 1 rings (SSSR count). The Bertz CT molecular complexity index is 426. The van der Waals surface area contributed by atoms with Crippen molar-refractivity contribution in [2.75, 3.05) is 0 Å². The highest BCUT2D eigenvalue weighted by Crippen LogP contribution is 2.23. The molecule has 3 nitrogen and oxygen atoms in total. The molecule has 0 unspecified atom stereocenters. The number of nitriles is 1. The molecule has 0 radical (unpaired) electrons. The monoisotopic (exact) mass is 273 g/mol. The van der Waals surface area contributed by atoms with E-state index in [0.29, 0.717) is 5.33 Å². The van der Waals surface area contributed by atoms with E-state index in [0.717, 1.165) is 5.56 Å². The number of aromatic carboxylic acids is 1. The Hall–Kier alpha value is -1.05. The van der Waals surface area contributed by atoms with Gasteiger partial charge >= 0.3 is 5.97 Å². The summed E-state index contributed by atoms with van der Waals surface area (Å²) in [5.41, 5.74) is 0.671. The average molecular weight is 275 g/mol. The predicted molar refractivity (Wildman–Crippen MR) is 55.8 cm³/mol. The lowest BCUT2D eigenvalue weighted by atomic mass is 10.1. The molecule has 14 heavy (non-hydrogen) atoms. The Morgan fingerprint density at radius 3 is 2.71 bits per heavy atom. The third-order valence-electron chi connectivity index (χ3n) is 1.65. The lowest BCUT2D eigenvalue weighted by molar-refractivity contribution is 0.0696. The first-order valence-corrected chi connectivity index (χ1v) is 5.12. The highest BCUT2D eigenvalue weighted by molar-refractivity contribution is 9.08. The molecule has 0 saturated carbocycles. The SMILES string of the molecule is N#Cc1c(Cl)cc(CBr)cc1C(=O)O. The van der Waals surface area contributed by atoms with Gasteiger partial charge in [0.05, 0.1) is 16.1 Å². The van der Waals surface area contributed by atoms with Crippen molar-refractivity contribution in [1.29, 1.82) is 5.26 Å². The topological polar surface area (TPSA) is 61.1 Å². The third-order valence-corrected chi connectivity index (χ3v) is 2.59. The van der Waals surface area contributed by atoms with E-state index in [1.807, 2.05) is 0 Å². The number of rotatable bonds is 2. The molecule has 0 amide bonds. The maximum Gasteiger partial charge on any atom is 0.337 e. The molecule has 0 fully saturated rings. The third kappa shape index (κ3) is 2.06. The fourth-order valence-corrected chi connectivity index (χ4v) is 1.63. The lowest BCUT2D eigenvalue weighted by Crippen LogP contribution is -2.02. The second kappa shape index (κ2) is 4.45. The van der Waals surface area contributed by atoms with Crippen molar-refractivity contribution < 1.29 is 9.90 Å². The molecule has 72 valence electrons. The number of benzene rings is 1. The molecule has 1 aromatic rings. The van der Waals surface area contributed by atoms with Gasteiger partial charge in [-0.25, -0.2) is 4.79 Å². The van der Waals surface area contributed by atoms with Gasteiger partial charge in [0, 0.05) is 5.33 Å². The summed E-state index contributed by atoms with van der Waals surface area (Å²) in [5.74, 6) is -1.15. The minimum absolute atomic E-state index is 0.00358. The van der Waals surface area contributed by atoms with E-state index in [9.17, 15) is 4.79 Å². The number of halogens is 2. The van der Waals surface area contributed by atoms with Gasteiger partial charge in [-0.2, -0.15) is 5.26 Å². The number of carbonyl (C=O) groups is 1. The predicted octanol–water partition coefficient (Wildman–Crippen LogP) is 2.80. The molecule has 0 aromatic heterocycles. The number of hydrogen-bond acceptors (Lipinski definition) is 2. The fourth-order valence-electron chi connectivity index (χ4n) is 1.02. The van der Waals surface area contributed by atoms with Crippen molar-refractivity contribution in [3.8, 4) is 6.07 Å². The van der Waals surface area contributed by atoms with Gasteiger partial charge < -0.3 is 5.11 Å². The minimum Gasteiger partial charge on any atom is -0.478 e. The zero-order chi connectivity index (χ0) is 10.7. The van der Waals surface area contributed by atoms with E-state index in [-0.39, 0.29) is 16.1 Å². The smallest absolute Gasteiger partial charge is 0.337 e. The van der Waals surface area contributed by atoms with E-state index in [2.05, 4.69) is 15.9 Å². The summed E-state index contributed by atoms with van der Waals surface area (Å²) in [6.07, 6.45) is 0. The number of carboxylic acid groups (broad SMARTS) is 1. The van der Waals surface area contributed by atoms with Crippen LogP contribution in [0.1, 0.15) is 21.5 Å². The minimum atomic E-state index is -1.15. The standard InChI is InChI=1S/C9H5BrClNO2/c10-3-5-1-6(9(13)14)7(4-12)8(11)2-5/h1-2H,3H2,(H,13,14). The summed E-state index contributed by atoms with van der Waals surface area (Å²) in [7, 11) is 0. The Kier molecular flexibility index (Phi) is 3.50. The van der Waals surface area contributed by atoms with Gasteiger partial charge in [0.2, 0.25) is 0 Å². The molecular weight excluding hydrogens is 269 g/mol. The molecule has 1 aromatic carbocycles. The molecule has 5 heteroatoms. The largest absolute Gasteiger partial charge is 0.478 e. The Balaban J connectivity index is 3.45. The second-order valence-corrected chi connectivity index (χ2v) is 3.52. The molecule has 0 spiro atoms. The Morgan fingerprint density at radius 1 is 1.64 bits per heavy atom. The van der Waals surface area contributed by atoms with Crippen molar-refractivity contribution in [2.24, 2.45) is 0 Å². The van der Waals surface area contributed by atoms with Crippen molar-refractivity contribution >= 4 is 33.5 Å². The van der Waals surface area contributed by atoms with Gasteiger partial charge in [-0.1, -0.05) is 27.5 Å². The maximum atomic E-state index is 10.8. The summed E-state index contributed by atoms with van der Waals surface area (Å²) in [6, 6.07) is 4.77. The van der Waals surface area contributed by atoms with E-state index in [1.54, 1.807) is 12.1 Å². The number of alkyl halides is 1. The molecule has 0 aliphatic rings. The van der Waals surface area contributed by atoms with Crippen LogP contribution in [0.2, 0.25) is 5.02 Å². The van der Waals surface area contributed by atoms with Crippen LogP contribution in [0.15, 0.2) is 12.1 Å². The van der Waals surface area contributed by atoms with Crippen LogP contribution in [0, 0.1) is 11.3 Å². The first kappa shape index (κ1) is 11.0. The van der Waals surface area contributed by atoms with Gasteiger partial charge in [-0.05, 0) is 17.7 Å². The van der Waals surface area contributed by atoms with Crippen LogP contribution >= 0.6 is 27.5 Å². The van der Waals surface area contributed by atoms with Crippen molar-refractivity contribution in [1.82, 2.24) is 0 Å². The molecule has 0 heterocycles. The first-order chi connectivity index (χ1) is 6.60. The van der Waals surface area contributed by atoms with Crippen molar-refractivity contribution in [3.63, 3.8) is 0 Å². The molecule has 0 aliphatic carbocycles. The zero-order valence-corrected chi connectivity index (χ0v) is 9.26. The van der Waals surface area contributed by atoms with Crippen LogP contribution in [0.25, 0.3) is 0 Å².